The molecule has 1 saturated carbocycles. The van der Waals surface area contributed by atoms with Crippen molar-refractivity contribution >= 4 is 17.7 Å². The van der Waals surface area contributed by atoms with Crippen molar-refractivity contribution in [3.8, 4) is 0 Å². The predicted molar refractivity (Wildman–Crippen MR) is 78.6 cm³/mol. The zero-order chi connectivity index (χ0) is 17.0. The van der Waals surface area contributed by atoms with Crippen molar-refractivity contribution in [3.63, 3.8) is 0 Å². The highest BCUT2D eigenvalue weighted by atomic mass is 16.5. The van der Waals surface area contributed by atoms with Crippen molar-refractivity contribution in [2.45, 2.75) is 25.5 Å². The number of hydrogen-bond acceptors (Lipinski definition) is 7. The summed E-state index contributed by atoms with van der Waals surface area (Å²) < 4.78 is 4.79. The van der Waals surface area contributed by atoms with Crippen LogP contribution in [0.5, 0.6) is 0 Å². The van der Waals surface area contributed by atoms with E-state index in [2.05, 4.69) is 0 Å². The number of Topliss-reactive ketones (excluding diaryl/α,β-unsaturated/α-hetero) is 2. The van der Waals surface area contributed by atoms with Crippen LogP contribution < -0.4 is 17.2 Å². The number of fused-ring (bicyclic) bond motifs is 2. The minimum atomic E-state index is -1.02. The van der Waals surface area contributed by atoms with Gasteiger partial charge in [-0.3, -0.25) is 9.59 Å². The lowest BCUT2D eigenvalue weighted by atomic mass is 9.83. The third-order valence-electron chi connectivity index (χ3n) is 4.70. The molecule has 0 aromatic carbocycles. The number of ether oxygens (including phenoxy) is 1. The van der Waals surface area contributed by atoms with Gasteiger partial charge >= 0.3 is 6.09 Å². The number of allylic oxidation sites excluding steroid dienone is 3. The van der Waals surface area contributed by atoms with Crippen LogP contribution >= 0.6 is 0 Å². The third kappa shape index (κ3) is 2.02. The Morgan fingerprint density at radius 1 is 1.35 bits per heavy atom. The Morgan fingerprint density at radius 2 is 2.00 bits per heavy atom. The summed E-state index contributed by atoms with van der Waals surface area (Å²) in [6, 6.07) is -0.556. The second kappa shape index (κ2) is 5.04. The molecule has 3 aliphatic rings. The highest BCUT2D eigenvalue weighted by molar-refractivity contribution is 6.27. The first-order valence-corrected chi connectivity index (χ1v) is 7.14. The molecule has 0 radical (unpaired) electrons. The Balaban J connectivity index is 2.14. The molecule has 3 atom stereocenters. The van der Waals surface area contributed by atoms with Gasteiger partial charge in [-0.2, -0.15) is 0 Å². The SMILES string of the molecule is CC1=C(N)C(=O)C2=C(C1=O)C1C[C@H](N)[C@H](O)C1=C2COC(N)=O. The van der Waals surface area contributed by atoms with Gasteiger partial charge in [-0.05, 0) is 18.9 Å². The van der Waals surface area contributed by atoms with Crippen LogP contribution in [0.15, 0.2) is 33.6 Å². The number of primary amides is 1. The van der Waals surface area contributed by atoms with Crippen molar-refractivity contribution in [2.75, 3.05) is 6.61 Å². The highest BCUT2D eigenvalue weighted by Gasteiger charge is 2.50. The number of carbonyl (C=O) groups is 3. The van der Waals surface area contributed by atoms with Crippen LogP contribution in [-0.4, -0.2) is 41.5 Å². The molecule has 0 spiro atoms. The molecule has 0 saturated heterocycles. The van der Waals surface area contributed by atoms with Gasteiger partial charge in [0.2, 0.25) is 5.78 Å². The van der Waals surface area contributed by atoms with Gasteiger partial charge in [-0.15, -0.1) is 0 Å². The van der Waals surface area contributed by atoms with E-state index < -0.39 is 29.9 Å². The van der Waals surface area contributed by atoms with E-state index in [9.17, 15) is 19.5 Å². The van der Waals surface area contributed by atoms with Gasteiger partial charge in [0.15, 0.2) is 5.78 Å². The Morgan fingerprint density at radius 3 is 2.61 bits per heavy atom. The van der Waals surface area contributed by atoms with Gasteiger partial charge < -0.3 is 27.0 Å². The number of hydrogen-bond donors (Lipinski definition) is 4. The van der Waals surface area contributed by atoms with Crippen LogP contribution in [0.25, 0.3) is 0 Å². The maximum absolute atomic E-state index is 12.6. The van der Waals surface area contributed by atoms with Crippen molar-refractivity contribution in [1.82, 2.24) is 0 Å². The average Bonchev–Trinajstić information content (AvgIpc) is 2.96. The van der Waals surface area contributed by atoms with E-state index in [0.29, 0.717) is 12.0 Å². The monoisotopic (exact) mass is 319 g/mol. The van der Waals surface area contributed by atoms with Crippen LogP contribution in [0.2, 0.25) is 0 Å². The van der Waals surface area contributed by atoms with Gasteiger partial charge in [0.1, 0.15) is 6.61 Å². The standard InChI is InChI=1S/C15H17N3O5/c1-4-11(17)14(21)10-6(3-23-15(18)22)8-5(9(10)12(4)19)2-7(16)13(8)20/h5,7,13,20H,2-3,16-17H2,1H3,(H2,18,22)/t5?,7-,13-/m0/s1. The number of aliphatic hydroxyl groups is 1. The Kier molecular flexibility index (Phi) is 3.38. The zero-order valence-corrected chi connectivity index (χ0v) is 12.5. The maximum Gasteiger partial charge on any atom is 0.404 e. The summed E-state index contributed by atoms with van der Waals surface area (Å²) in [5.41, 5.74) is 17.8. The molecule has 7 N–H and O–H groups in total. The minimum absolute atomic E-state index is 0.116. The number of aliphatic hydroxyl groups excluding tert-OH is 1. The maximum atomic E-state index is 12.6. The lowest BCUT2D eigenvalue weighted by Crippen LogP contribution is -2.32. The van der Waals surface area contributed by atoms with Gasteiger partial charge in [0, 0.05) is 34.3 Å². The average molecular weight is 319 g/mol. The smallest absolute Gasteiger partial charge is 0.404 e. The Bertz CT molecular complexity index is 746. The van der Waals surface area contributed by atoms with E-state index in [1.165, 1.54) is 6.92 Å². The molecule has 0 bridgehead atoms. The van der Waals surface area contributed by atoms with Crippen LogP contribution in [-0.2, 0) is 14.3 Å². The summed E-state index contributed by atoms with van der Waals surface area (Å²) in [5, 5.41) is 10.3. The third-order valence-corrected chi connectivity index (χ3v) is 4.70. The quantitative estimate of drug-likeness (QED) is 0.464. The summed E-state index contributed by atoms with van der Waals surface area (Å²) in [4.78, 5) is 36.0. The summed E-state index contributed by atoms with van der Waals surface area (Å²) in [6.45, 7) is 1.18. The van der Waals surface area contributed by atoms with Gasteiger partial charge in [-0.1, -0.05) is 0 Å². The molecule has 3 aliphatic carbocycles. The van der Waals surface area contributed by atoms with Crippen LogP contribution in [0.1, 0.15) is 13.3 Å². The number of nitrogens with two attached hydrogens (primary N) is 3. The normalized spacial score (nSPS) is 30.1. The van der Waals surface area contributed by atoms with Crippen molar-refractivity contribution in [1.29, 1.82) is 0 Å². The van der Waals surface area contributed by atoms with Crippen molar-refractivity contribution < 1.29 is 24.2 Å². The summed E-state index contributed by atoms with van der Waals surface area (Å²) in [5.74, 6) is -1.29. The fraction of sp³-hybridized carbons (Fsp3) is 0.400. The first kappa shape index (κ1) is 15.4. The molecule has 3 rings (SSSR count). The largest absolute Gasteiger partial charge is 0.445 e. The van der Waals surface area contributed by atoms with Crippen molar-refractivity contribution in [2.24, 2.45) is 23.1 Å². The van der Waals surface area contributed by atoms with Crippen LogP contribution in [0.3, 0.4) is 0 Å². The molecule has 1 fully saturated rings. The molecule has 0 aliphatic heterocycles. The second-order valence-corrected chi connectivity index (χ2v) is 5.92. The second-order valence-electron chi connectivity index (χ2n) is 5.92. The molecular weight excluding hydrogens is 302 g/mol. The molecule has 0 aromatic rings. The van der Waals surface area contributed by atoms with Crippen molar-refractivity contribution in [3.05, 3.63) is 33.6 Å². The van der Waals surface area contributed by atoms with E-state index in [-0.39, 0.29) is 40.4 Å². The van der Waals surface area contributed by atoms with E-state index in [4.69, 9.17) is 21.9 Å². The lowest BCUT2D eigenvalue weighted by molar-refractivity contribution is -0.116. The number of ketones is 2. The first-order chi connectivity index (χ1) is 10.8. The molecular formula is C15H17N3O5. The first-order valence-electron chi connectivity index (χ1n) is 7.14. The number of rotatable bonds is 2. The fourth-order valence-electron chi connectivity index (χ4n) is 3.57. The molecule has 23 heavy (non-hydrogen) atoms. The molecule has 8 heteroatoms. The molecule has 0 heterocycles. The van der Waals surface area contributed by atoms with Gasteiger partial charge in [0.25, 0.3) is 0 Å². The molecule has 1 unspecified atom stereocenters. The molecule has 122 valence electrons. The summed E-state index contributed by atoms with van der Waals surface area (Å²) >= 11 is 0. The topological polar surface area (TPSA) is 159 Å². The van der Waals surface area contributed by atoms with Crippen LogP contribution in [0.4, 0.5) is 4.79 Å². The predicted octanol–water partition coefficient (Wildman–Crippen LogP) is -1.22. The van der Waals surface area contributed by atoms with E-state index in [0.717, 1.165) is 0 Å². The number of carbonyl (C=O) groups excluding carboxylic acids is 3. The molecule has 1 amide bonds. The van der Waals surface area contributed by atoms with E-state index in [1.807, 2.05) is 0 Å². The fourth-order valence-corrected chi connectivity index (χ4v) is 3.57. The zero-order valence-electron chi connectivity index (χ0n) is 12.5. The number of amides is 1. The highest BCUT2D eigenvalue weighted by Crippen LogP contribution is 2.49. The van der Waals surface area contributed by atoms with E-state index in [1.54, 1.807) is 0 Å². The summed E-state index contributed by atoms with van der Waals surface area (Å²) in [6.07, 6.45) is -1.70. The van der Waals surface area contributed by atoms with Gasteiger partial charge in [0.05, 0.1) is 11.8 Å². The van der Waals surface area contributed by atoms with E-state index >= 15 is 0 Å². The van der Waals surface area contributed by atoms with Crippen LogP contribution in [0, 0.1) is 5.92 Å². The Hall–Kier alpha value is -2.45. The van der Waals surface area contributed by atoms with Gasteiger partial charge in [-0.25, -0.2) is 4.79 Å². The molecule has 8 nitrogen and oxygen atoms in total. The molecule has 0 aromatic heterocycles. The summed E-state index contributed by atoms with van der Waals surface area (Å²) in [7, 11) is 0. The lowest BCUT2D eigenvalue weighted by Gasteiger charge is -2.20. The minimum Gasteiger partial charge on any atom is -0.445 e. The Labute approximate surface area is 131 Å².